The molecule has 17 heavy (non-hydrogen) atoms. The Morgan fingerprint density at radius 2 is 2.29 bits per heavy atom. The zero-order valence-electron chi connectivity index (χ0n) is 10.8. The predicted octanol–water partition coefficient (Wildman–Crippen LogP) is 2.16. The lowest BCUT2D eigenvalue weighted by atomic mass is 10.1. The number of rotatable bonds is 3. The molecule has 2 rings (SSSR count). The lowest BCUT2D eigenvalue weighted by Crippen LogP contribution is -2.37. The van der Waals surface area contributed by atoms with Gasteiger partial charge in [0.05, 0.1) is 11.8 Å². The summed E-state index contributed by atoms with van der Waals surface area (Å²) < 4.78 is 0. The molecule has 0 saturated carbocycles. The van der Waals surface area contributed by atoms with Crippen LogP contribution in [0.3, 0.4) is 0 Å². The fourth-order valence-electron chi connectivity index (χ4n) is 2.31. The summed E-state index contributed by atoms with van der Waals surface area (Å²) in [6, 6.07) is 6.24. The van der Waals surface area contributed by atoms with Crippen molar-refractivity contribution in [1.29, 1.82) is 0 Å². The minimum Gasteiger partial charge on any atom is -0.392 e. The predicted molar refractivity (Wildman–Crippen MR) is 68.8 cm³/mol. The van der Waals surface area contributed by atoms with Crippen molar-refractivity contribution < 1.29 is 5.11 Å². The zero-order valence-corrected chi connectivity index (χ0v) is 10.8. The Morgan fingerprint density at radius 3 is 3.00 bits per heavy atom. The second-order valence-corrected chi connectivity index (χ2v) is 5.24. The third-order valence-corrected chi connectivity index (χ3v) is 3.29. The Labute approximate surface area is 103 Å². The van der Waals surface area contributed by atoms with E-state index in [1.807, 2.05) is 0 Å². The summed E-state index contributed by atoms with van der Waals surface area (Å²) in [5.41, 5.74) is 2.27. The first-order valence-electron chi connectivity index (χ1n) is 6.51. The van der Waals surface area contributed by atoms with Crippen molar-refractivity contribution in [3.8, 4) is 0 Å². The Kier molecular flexibility index (Phi) is 4.13. The molecule has 1 aromatic rings. The summed E-state index contributed by atoms with van der Waals surface area (Å²) in [4.78, 5) is 6.96. The van der Waals surface area contributed by atoms with E-state index in [1.54, 1.807) is 0 Å². The van der Waals surface area contributed by atoms with E-state index in [-0.39, 0.29) is 6.10 Å². The van der Waals surface area contributed by atoms with Gasteiger partial charge in [0.2, 0.25) is 0 Å². The molecule has 3 nitrogen and oxygen atoms in total. The molecule has 1 N–H and O–H groups in total. The van der Waals surface area contributed by atoms with Crippen LogP contribution in [0.25, 0.3) is 0 Å². The second-order valence-electron chi connectivity index (χ2n) is 5.24. The van der Waals surface area contributed by atoms with E-state index in [1.165, 1.54) is 0 Å². The Hall–Kier alpha value is -0.930. The van der Waals surface area contributed by atoms with Crippen LogP contribution in [-0.2, 0) is 6.54 Å². The summed E-state index contributed by atoms with van der Waals surface area (Å²) in [5.74, 6) is 0.474. The van der Waals surface area contributed by atoms with Crippen molar-refractivity contribution in [2.45, 2.75) is 45.3 Å². The third kappa shape index (κ3) is 3.51. The van der Waals surface area contributed by atoms with E-state index in [2.05, 4.69) is 41.9 Å². The molecular formula is C14H22N2O. The Bertz CT molecular complexity index is 365. The van der Waals surface area contributed by atoms with Gasteiger partial charge in [-0.1, -0.05) is 19.9 Å². The number of likely N-dealkylation sites (tertiary alicyclic amines) is 1. The molecule has 0 aromatic carbocycles. The molecule has 1 aliphatic rings. The van der Waals surface area contributed by atoms with Gasteiger partial charge in [-0.3, -0.25) is 9.88 Å². The molecule has 2 heterocycles. The average molecular weight is 234 g/mol. The number of aliphatic hydroxyl groups is 1. The lowest BCUT2D eigenvalue weighted by Gasteiger charge is -2.29. The topological polar surface area (TPSA) is 36.4 Å². The first kappa shape index (κ1) is 12.5. The van der Waals surface area contributed by atoms with Crippen molar-refractivity contribution in [1.82, 2.24) is 9.88 Å². The first-order valence-corrected chi connectivity index (χ1v) is 6.51. The highest BCUT2D eigenvalue weighted by Gasteiger charge is 2.18. The van der Waals surface area contributed by atoms with Crippen molar-refractivity contribution >= 4 is 0 Å². The minimum absolute atomic E-state index is 0.156. The summed E-state index contributed by atoms with van der Waals surface area (Å²) >= 11 is 0. The van der Waals surface area contributed by atoms with Gasteiger partial charge < -0.3 is 5.11 Å². The van der Waals surface area contributed by atoms with E-state index in [9.17, 15) is 5.11 Å². The van der Waals surface area contributed by atoms with Gasteiger partial charge in [0.25, 0.3) is 0 Å². The molecular weight excluding hydrogens is 212 g/mol. The molecule has 0 aliphatic carbocycles. The van der Waals surface area contributed by atoms with Gasteiger partial charge in [0.15, 0.2) is 0 Å². The van der Waals surface area contributed by atoms with E-state index in [4.69, 9.17) is 0 Å². The fourth-order valence-corrected chi connectivity index (χ4v) is 2.31. The van der Waals surface area contributed by atoms with Crippen molar-refractivity contribution in [3.63, 3.8) is 0 Å². The molecule has 0 radical (unpaired) electrons. The molecule has 0 bridgehead atoms. The summed E-state index contributed by atoms with van der Waals surface area (Å²) in [5, 5.41) is 9.64. The van der Waals surface area contributed by atoms with Gasteiger partial charge in [0.1, 0.15) is 0 Å². The molecule has 1 unspecified atom stereocenters. The lowest BCUT2D eigenvalue weighted by molar-refractivity contribution is 0.0662. The summed E-state index contributed by atoms with van der Waals surface area (Å²) in [6.07, 6.45) is 1.87. The zero-order chi connectivity index (χ0) is 12.3. The molecule has 1 saturated heterocycles. The number of piperidine rings is 1. The molecule has 1 aliphatic heterocycles. The summed E-state index contributed by atoms with van der Waals surface area (Å²) in [6.45, 7) is 7.05. The number of aromatic nitrogens is 1. The summed E-state index contributed by atoms with van der Waals surface area (Å²) in [7, 11) is 0. The van der Waals surface area contributed by atoms with Crippen LogP contribution in [0.5, 0.6) is 0 Å². The number of pyridine rings is 1. The number of hydrogen-bond acceptors (Lipinski definition) is 3. The van der Waals surface area contributed by atoms with Crippen molar-refractivity contribution in [2.24, 2.45) is 0 Å². The highest BCUT2D eigenvalue weighted by atomic mass is 16.3. The van der Waals surface area contributed by atoms with Crippen molar-refractivity contribution in [2.75, 3.05) is 13.1 Å². The maximum atomic E-state index is 9.64. The van der Waals surface area contributed by atoms with Crippen LogP contribution >= 0.6 is 0 Å². The van der Waals surface area contributed by atoms with Crippen LogP contribution in [0.2, 0.25) is 0 Å². The van der Waals surface area contributed by atoms with Crippen LogP contribution in [0.4, 0.5) is 0 Å². The minimum atomic E-state index is -0.156. The highest BCUT2D eigenvalue weighted by molar-refractivity contribution is 5.13. The normalized spacial score (nSPS) is 22.0. The number of β-amino-alcohol motifs (C(OH)–C–C–N with tert-alkyl or cyclic N) is 1. The fraction of sp³-hybridized carbons (Fsp3) is 0.643. The van der Waals surface area contributed by atoms with Crippen LogP contribution in [-0.4, -0.2) is 34.2 Å². The molecule has 3 heteroatoms. The van der Waals surface area contributed by atoms with E-state index >= 15 is 0 Å². The van der Waals surface area contributed by atoms with Crippen LogP contribution < -0.4 is 0 Å². The van der Waals surface area contributed by atoms with Gasteiger partial charge in [-0.25, -0.2) is 0 Å². The standard InChI is InChI=1S/C14H22N2O/c1-11(2)14-7-3-5-12(15-14)9-16-8-4-6-13(17)10-16/h3,5,7,11,13,17H,4,6,8-10H2,1-2H3. The van der Waals surface area contributed by atoms with Crippen LogP contribution in [0.1, 0.15) is 44.0 Å². The molecule has 0 spiro atoms. The maximum Gasteiger partial charge on any atom is 0.0667 e. The van der Waals surface area contributed by atoms with Gasteiger partial charge in [-0.05, 0) is 37.4 Å². The van der Waals surface area contributed by atoms with Crippen LogP contribution in [0.15, 0.2) is 18.2 Å². The first-order chi connectivity index (χ1) is 8.15. The van der Waals surface area contributed by atoms with Gasteiger partial charge >= 0.3 is 0 Å². The largest absolute Gasteiger partial charge is 0.392 e. The maximum absolute atomic E-state index is 9.64. The van der Waals surface area contributed by atoms with E-state index in [0.29, 0.717) is 5.92 Å². The molecule has 1 fully saturated rings. The smallest absolute Gasteiger partial charge is 0.0667 e. The number of hydrogen-bond donors (Lipinski definition) is 1. The van der Waals surface area contributed by atoms with Gasteiger partial charge in [0, 0.05) is 18.8 Å². The van der Waals surface area contributed by atoms with E-state index < -0.39 is 0 Å². The number of aliphatic hydroxyl groups excluding tert-OH is 1. The SMILES string of the molecule is CC(C)c1cccc(CN2CCCC(O)C2)n1. The Morgan fingerprint density at radius 1 is 1.47 bits per heavy atom. The quantitative estimate of drug-likeness (QED) is 0.870. The molecule has 94 valence electrons. The van der Waals surface area contributed by atoms with Gasteiger partial charge in [-0.2, -0.15) is 0 Å². The molecule has 0 amide bonds. The van der Waals surface area contributed by atoms with E-state index in [0.717, 1.165) is 43.9 Å². The Balaban J connectivity index is 2.00. The number of nitrogens with zero attached hydrogens (tertiary/aromatic N) is 2. The average Bonchev–Trinajstić information content (AvgIpc) is 2.29. The van der Waals surface area contributed by atoms with Gasteiger partial charge in [-0.15, -0.1) is 0 Å². The highest BCUT2D eigenvalue weighted by Crippen LogP contribution is 2.15. The monoisotopic (exact) mass is 234 g/mol. The third-order valence-electron chi connectivity index (χ3n) is 3.29. The van der Waals surface area contributed by atoms with Crippen LogP contribution in [0, 0.1) is 0 Å². The molecule has 1 atom stereocenters. The molecule has 1 aromatic heterocycles. The van der Waals surface area contributed by atoms with Crippen molar-refractivity contribution in [3.05, 3.63) is 29.6 Å². The second kappa shape index (κ2) is 5.61.